The van der Waals surface area contributed by atoms with Crippen LogP contribution in [0.15, 0.2) is 24.3 Å². The molecule has 0 radical (unpaired) electrons. The lowest BCUT2D eigenvalue weighted by Gasteiger charge is -2.34. The molecule has 0 aromatic heterocycles. The number of primary amides is 1. The number of carbonyl (C=O) groups is 1. The minimum Gasteiger partial charge on any atom is -0.391 e. The summed E-state index contributed by atoms with van der Waals surface area (Å²) in [6.07, 6.45) is -0.449. The summed E-state index contributed by atoms with van der Waals surface area (Å²) in [7, 11) is 0. The predicted molar refractivity (Wildman–Crippen MR) is 104 cm³/mol. The van der Waals surface area contributed by atoms with Crippen LogP contribution < -0.4 is 11.5 Å². The van der Waals surface area contributed by atoms with Crippen LogP contribution in [0.5, 0.6) is 0 Å². The molecule has 5 nitrogen and oxygen atoms in total. The summed E-state index contributed by atoms with van der Waals surface area (Å²) in [5.41, 5.74) is 12.2. The SMILES string of the molecule is CC(C)(O)c1cccc(CC(N)C(O)CC(C(N)=O)C2CCCC(F)(F)C2)c1. The third-order valence-electron chi connectivity index (χ3n) is 5.71. The van der Waals surface area contributed by atoms with Crippen LogP contribution in [0.1, 0.15) is 57.1 Å². The molecule has 0 heterocycles. The average molecular weight is 398 g/mol. The number of benzene rings is 1. The molecule has 1 amide bonds. The predicted octanol–water partition coefficient (Wildman–Crippen LogP) is 2.46. The Bertz CT molecular complexity index is 676. The van der Waals surface area contributed by atoms with E-state index in [9.17, 15) is 23.8 Å². The Hall–Kier alpha value is -1.57. The quantitative estimate of drug-likeness (QED) is 0.539. The van der Waals surface area contributed by atoms with E-state index >= 15 is 0 Å². The number of hydrogen-bond acceptors (Lipinski definition) is 4. The number of rotatable bonds is 8. The minimum absolute atomic E-state index is 0.0254. The lowest BCUT2D eigenvalue weighted by molar-refractivity contribution is -0.128. The molecule has 158 valence electrons. The Balaban J connectivity index is 2.03. The van der Waals surface area contributed by atoms with E-state index < -0.39 is 41.4 Å². The molecule has 0 spiro atoms. The number of aliphatic hydroxyl groups excluding tert-OH is 1. The van der Waals surface area contributed by atoms with Crippen LogP contribution in [0.4, 0.5) is 8.78 Å². The second kappa shape index (κ2) is 8.84. The summed E-state index contributed by atoms with van der Waals surface area (Å²) in [5, 5.41) is 20.6. The third kappa shape index (κ3) is 6.22. The summed E-state index contributed by atoms with van der Waals surface area (Å²) in [5.74, 6) is -4.82. The lowest BCUT2D eigenvalue weighted by atomic mass is 9.75. The van der Waals surface area contributed by atoms with E-state index in [0.29, 0.717) is 19.3 Å². The molecule has 1 aromatic carbocycles. The second-order valence-electron chi connectivity index (χ2n) is 8.65. The average Bonchev–Trinajstić information content (AvgIpc) is 2.57. The van der Waals surface area contributed by atoms with Crippen LogP contribution in [-0.2, 0) is 16.8 Å². The van der Waals surface area contributed by atoms with Gasteiger partial charge in [0.1, 0.15) is 0 Å². The van der Waals surface area contributed by atoms with Crippen molar-refractivity contribution in [1.29, 1.82) is 0 Å². The first-order valence-corrected chi connectivity index (χ1v) is 9.81. The van der Waals surface area contributed by atoms with Gasteiger partial charge >= 0.3 is 0 Å². The van der Waals surface area contributed by atoms with Crippen LogP contribution in [0.3, 0.4) is 0 Å². The van der Waals surface area contributed by atoms with E-state index in [2.05, 4.69) is 0 Å². The van der Waals surface area contributed by atoms with Crippen molar-refractivity contribution in [1.82, 2.24) is 0 Å². The molecule has 4 unspecified atom stereocenters. The molecule has 0 aliphatic heterocycles. The summed E-state index contributed by atoms with van der Waals surface area (Å²) in [4.78, 5) is 11.9. The first-order valence-electron chi connectivity index (χ1n) is 9.81. The van der Waals surface area contributed by atoms with Gasteiger partial charge in [-0.3, -0.25) is 4.79 Å². The molecule has 2 rings (SSSR count). The van der Waals surface area contributed by atoms with Gasteiger partial charge in [-0.15, -0.1) is 0 Å². The number of carbonyl (C=O) groups excluding carboxylic acids is 1. The zero-order chi connectivity index (χ0) is 21.1. The second-order valence-corrected chi connectivity index (χ2v) is 8.65. The monoisotopic (exact) mass is 398 g/mol. The van der Waals surface area contributed by atoms with Crippen LogP contribution in [0, 0.1) is 11.8 Å². The molecule has 6 N–H and O–H groups in total. The Morgan fingerprint density at radius 2 is 2.07 bits per heavy atom. The number of halogens is 2. The molecule has 1 aromatic rings. The molecular weight excluding hydrogens is 366 g/mol. The Morgan fingerprint density at radius 1 is 1.39 bits per heavy atom. The van der Waals surface area contributed by atoms with E-state index in [-0.39, 0.29) is 19.3 Å². The van der Waals surface area contributed by atoms with E-state index in [1.165, 1.54) is 0 Å². The molecule has 1 fully saturated rings. The Labute approximate surface area is 165 Å². The maximum absolute atomic E-state index is 13.7. The zero-order valence-corrected chi connectivity index (χ0v) is 16.6. The third-order valence-corrected chi connectivity index (χ3v) is 5.71. The largest absolute Gasteiger partial charge is 0.391 e. The van der Waals surface area contributed by atoms with Gasteiger partial charge in [-0.1, -0.05) is 24.3 Å². The van der Waals surface area contributed by atoms with Crippen molar-refractivity contribution in [3.63, 3.8) is 0 Å². The standard InChI is InChI=1S/C21H32F2N2O3/c1-20(2,28)15-7-3-5-13(9-15)10-17(24)18(26)11-16(19(25)27)14-6-4-8-21(22,23)12-14/h3,5,7,9,14,16-18,26,28H,4,6,8,10-12,24H2,1-2H3,(H2,25,27). The molecular formula is C21H32F2N2O3. The number of aliphatic hydroxyl groups is 2. The fraction of sp³-hybridized carbons (Fsp3) is 0.667. The van der Waals surface area contributed by atoms with Crippen molar-refractivity contribution >= 4 is 5.91 Å². The topological polar surface area (TPSA) is 110 Å². The molecule has 1 aliphatic rings. The first kappa shape index (κ1) is 22.7. The van der Waals surface area contributed by atoms with Gasteiger partial charge in [0.15, 0.2) is 0 Å². The van der Waals surface area contributed by atoms with Crippen molar-refractivity contribution in [2.24, 2.45) is 23.3 Å². The van der Waals surface area contributed by atoms with Crippen molar-refractivity contribution < 1.29 is 23.8 Å². The molecule has 0 bridgehead atoms. The van der Waals surface area contributed by atoms with E-state index in [1.54, 1.807) is 26.0 Å². The fourth-order valence-corrected chi connectivity index (χ4v) is 4.02. The number of alkyl halides is 2. The van der Waals surface area contributed by atoms with Gasteiger partial charge in [0.25, 0.3) is 0 Å². The molecule has 1 aliphatic carbocycles. The highest BCUT2D eigenvalue weighted by molar-refractivity contribution is 5.77. The zero-order valence-electron chi connectivity index (χ0n) is 16.6. The van der Waals surface area contributed by atoms with E-state index in [4.69, 9.17) is 11.5 Å². The summed E-state index contributed by atoms with van der Waals surface area (Å²) >= 11 is 0. The van der Waals surface area contributed by atoms with E-state index in [0.717, 1.165) is 11.1 Å². The number of amides is 1. The summed E-state index contributed by atoms with van der Waals surface area (Å²) < 4.78 is 27.5. The summed E-state index contributed by atoms with van der Waals surface area (Å²) in [6, 6.07) is 6.59. The van der Waals surface area contributed by atoms with Crippen molar-refractivity contribution in [3.05, 3.63) is 35.4 Å². The van der Waals surface area contributed by atoms with Gasteiger partial charge in [0.2, 0.25) is 11.8 Å². The Morgan fingerprint density at radius 3 is 2.64 bits per heavy atom. The van der Waals surface area contributed by atoms with Crippen molar-refractivity contribution in [3.8, 4) is 0 Å². The van der Waals surface area contributed by atoms with Gasteiger partial charge < -0.3 is 21.7 Å². The fourth-order valence-electron chi connectivity index (χ4n) is 4.02. The van der Waals surface area contributed by atoms with Crippen molar-refractivity contribution in [2.75, 3.05) is 0 Å². The van der Waals surface area contributed by atoms with Gasteiger partial charge in [-0.2, -0.15) is 0 Å². The molecule has 0 saturated heterocycles. The van der Waals surface area contributed by atoms with Gasteiger partial charge in [0, 0.05) is 24.8 Å². The first-order chi connectivity index (χ1) is 12.9. The van der Waals surface area contributed by atoms with Gasteiger partial charge in [0.05, 0.1) is 11.7 Å². The maximum Gasteiger partial charge on any atom is 0.248 e. The van der Waals surface area contributed by atoms with Gasteiger partial charge in [-0.25, -0.2) is 8.78 Å². The molecule has 4 atom stereocenters. The normalized spacial score (nSPS) is 23.0. The molecule has 7 heteroatoms. The highest BCUT2D eigenvalue weighted by Gasteiger charge is 2.41. The minimum atomic E-state index is -2.79. The van der Waals surface area contributed by atoms with Gasteiger partial charge in [-0.05, 0) is 56.6 Å². The Kier molecular flexibility index (Phi) is 7.17. The van der Waals surface area contributed by atoms with E-state index in [1.807, 2.05) is 12.1 Å². The smallest absolute Gasteiger partial charge is 0.248 e. The summed E-state index contributed by atoms with van der Waals surface area (Å²) in [6.45, 7) is 3.36. The maximum atomic E-state index is 13.7. The molecule has 1 saturated carbocycles. The molecule has 28 heavy (non-hydrogen) atoms. The number of hydrogen-bond donors (Lipinski definition) is 4. The highest BCUT2D eigenvalue weighted by Crippen LogP contribution is 2.41. The van der Waals surface area contributed by atoms with Crippen LogP contribution in [0.2, 0.25) is 0 Å². The lowest BCUT2D eigenvalue weighted by Crippen LogP contribution is -2.43. The highest BCUT2D eigenvalue weighted by atomic mass is 19.3. The van der Waals surface area contributed by atoms with Crippen LogP contribution in [-0.4, -0.2) is 34.2 Å². The van der Waals surface area contributed by atoms with Crippen molar-refractivity contribution in [2.45, 2.75) is 76.0 Å². The number of nitrogens with two attached hydrogens (primary N) is 2. The van der Waals surface area contributed by atoms with Crippen LogP contribution in [0.25, 0.3) is 0 Å². The van der Waals surface area contributed by atoms with Crippen LogP contribution >= 0.6 is 0 Å².